The lowest BCUT2D eigenvalue weighted by Crippen LogP contribution is -2.07. The topological polar surface area (TPSA) is 53.6 Å². The number of halogens is 1. The first kappa shape index (κ1) is 22.4. The van der Waals surface area contributed by atoms with Gasteiger partial charge in [-0.05, 0) is 66.3 Å². The van der Waals surface area contributed by atoms with Crippen LogP contribution in [0.4, 0.5) is 10.2 Å². The minimum Gasteiger partial charge on any atom is -0.368 e. The molecule has 3 aromatic heterocycles. The summed E-state index contributed by atoms with van der Waals surface area (Å²) in [5.41, 5.74) is 8.30. The van der Waals surface area contributed by atoms with Crippen LogP contribution in [0.5, 0.6) is 0 Å². The van der Waals surface area contributed by atoms with Crippen molar-refractivity contribution < 1.29 is 4.39 Å². The maximum Gasteiger partial charge on any atom is 0.147 e. The Morgan fingerprint density at radius 1 is 0.889 bits per heavy atom. The van der Waals surface area contributed by atoms with Gasteiger partial charge in [0.25, 0.3) is 0 Å². The number of hydrogen-bond acceptors (Lipinski definition) is 4. The smallest absolute Gasteiger partial charge is 0.147 e. The number of rotatable bonds is 6. The van der Waals surface area contributed by atoms with Gasteiger partial charge in [-0.15, -0.1) is 11.3 Å². The second-order valence-corrected chi connectivity index (χ2v) is 10.1. The van der Waals surface area contributed by atoms with Gasteiger partial charge in [-0.1, -0.05) is 54.6 Å². The highest BCUT2D eigenvalue weighted by Gasteiger charge is 2.15. The molecule has 178 valence electrons. The van der Waals surface area contributed by atoms with Crippen molar-refractivity contribution in [3.05, 3.63) is 102 Å². The van der Waals surface area contributed by atoms with Crippen molar-refractivity contribution in [1.29, 1.82) is 0 Å². The Balaban J connectivity index is 1.27. The number of benzene rings is 3. The minimum atomic E-state index is -0.210. The largest absolute Gasteiger partial charge is 0.368 e. The summed E-state index contributed by atoms with van der Waals surface area (Å²) in [4.78, 5) is 13.4. The predicted molar refractivity (Wildman–Crippen MR) is 148 cm³/mol. The fourth-order valence-corrected chi connectivity index (χ4v) is 5.94. The fourth-order valence-electron chi connectivity index (χ4n) is 4.87. The first-order valence-corrected chi connectivity index (χ1v) is 12.8. The fraction of sp³-hybridized carbons (Fsp3) is 0.133. The number of thiophene rings is 1. The Hall–Kier alpha value is -4.03. The number of fused-ring (bicyclic) bond motifs is 2. The van der Waals surface area contributed by atoms with Crippen LogP contribution in [0.1, 0.15) is 16.8 Å². The van der Waals surface area contributed by atoms with E-state index in [0.717, 1.165) is 55.1 Å². The summed E-state index contributed by atoms with van der Waals surface area (Å²) in [5.74, 6) is 0.619. The van der Waals surface area contributed by atoms with Crippen LogP contribution >= 0.6 is 11.3 Å². The van der Waals surface area contributed by atoms with E-state index in [2.05, 4.69) is 74.9 Å². The lowest BCUT2D eigenvalue weighted by atomic mass is 10.0. The molecular weight excluding hydrogens is 467 g/mol. The van der Waals surface area contributed by atoms with E-state index >= 15 is 0 Å². The molecule has 2 N–H and O–H groups in total. The van der Waals surface area contributed by atoms with Gasteiger partial charge in [0.2, 0.25) is 0 Å². The average Bonchev–Trinajstić information content (AvgIpc) is 3.50. The highest BCUT2D eigenvalue weighted by atomic mass is 32.1. The summed E-state index contributed by atoms with van der Waals surface area (Å²) in [5, 5.41) is 4.49. The van der Waals surface area contributed by atoms with Crippen molar-refractivity contribution in [2.24, 2.45) is 0 Å². The van der Waals surface area contributed by atoms with Gasteiger partial charge >= 0.3 is 0 Å². The van der Waals surface area contributed by atoms with Crippen LogP contribution in [0.15, 0.2) is 79.1 Å². The maximum atomic E-state index is 14.3. The van der Waals surface area contributed by atoms with Crippen molar-refractivity contribution in [3.8, 4) is 21.6 Å². The molecule has 0 bridgehead atoms. The summed E-state index contributed by atoms with van der Waals surface area (Å²) < 4.78 is 15.4. The molecule has 6 heteroatoms. The third-order valence-corrected chi connectivity index (χ3v) is 7.84. The molecule has 0 radical (unpaired) electrons. The van der Waals surface area contributed by atoms with E-state index in [1.165, 1.54) is 17.2 Å². The van der Waals surface area contributed by atoms with Crippen LogP contribution in [0.25, 0.3) is 42.7 Å². The molecule has 0 fully saturated rings. The molecule has 0 aliphatic rings. The SMILES string of the molecule is Cc1[nH]c2c(F)ccc(C)c2c1CCNc1ncnc2cc(-c3cccc(-c4ccccc4)c3)sc12. The predicted octanol–water partition coefficient (Wildman–Crippen LogP) is 7.92. The summed E-state index contributed by atoms with van der Waals surface area (Å²) >= 11 is 1.70. The van der Waals surface area contributed by atoms with Crippen molar-refractivity contribution in [3.63, 3.8) is 0 Å². The van der Waals surface area contributed by atoms with Gasteiger partial charge in [-0.25, -0.2) is 14.4 Å². The Morgan fingerprint density at radius 3 is 2.56 bits per heavy atom. The standard InChI is InChI=1S/C30H25FN4S/c1-18-11-12-24(31)28-27(18)23(19(2)35-28)13-14-32-30-29-25(33-17-34-30)16-26(36-29)22-10-6-9-21(15-22)20-7-4-3-5-8-20/h3-12,15-17,35H,13-14H2,1-2H3,(H,32,33,34). The number of nitrogens with one attached hydrogen (secondary N) is 2. The number of aromatic amines is 1. The van der Waals surface area contributed by atoms with Gasteiger partial charge in [-0.2, -0.15) is 0 Å². The summed E-state index contributed by atoms with van der Waals surface area (Å²) in [7, 11) is 0. The lowest BCUT2D eigenvalue weighted by molar-refractivity contribution is 0.637. The zero-order valence-electron chi connectivity index (χ0n) is 20.1. The molecule has 0 spiro atoms. The molecule has 0 atom stereocenters. The molecule has 36 heavy (non-hydrogen) atoms. The van der Waals surface area contributed by atoms with E-state index < -0.39 is 0 Å². The van der Waals surface area contributed by atoms with Gasteiger partial charge in [0.1, 0.15) is 18.0 Å². The number of anilines is 1. The zero-order valence-corrected chi connectivity index (χ0v) is 20.9. The maximum absolute atomic E-state index is 14.3. The van der Waals surface area contributed by atoms with Crippen LogP contribution in [0, 0.1) is 19.7 Å². The quantitative estimate of drug-likeness (QED) is 0.248. The first-order chi connectivity index (χ1) is 17.6. The highest BCUT2D eigenvalue weighted by Crippen LogP contribution is 2.37. The van der Waals surface area contributed by atoms with Crippen LogP contribution in [0.2, 0.25) is 0 Å². The molecule has 4 nitrogen and oxygen atoms in total. The van der Waals surface area contributed by atoms with Crippen molar-refractivity contribution in [2.75, 3.05) is 11.9 Å². The third-order valence-electron chi connectivity index (χ3n) is 6.66. The second-order valence-electron chi connectivity index (χ2n) is 9.01. The van der Waals surface area contributed by atoms with E-state index in [9.17, 15) is 4.39 Å². The molecule has 0 aliphatic carbocycles. The Kier molecular flexibility index (Phi) is 5.74. The highest BCUT2D eigenvalue weighted by molar-refractivity contribution is 7.22. The van der Waals surface area contributed by atoms with Crippen LogP contribution in [-0.4, -0.2) is 21.5 Å². The molecule has 0 aliphatic heterocycles. The van der Waals surface area contributed by atoms with Gasteiger partial charge in [0.15, 0.2) is 0 Å². The number of H-pyrrole nitrogens is 1. The normalized spacial score (nSPS) is 11.4. The number of aromatic nitrogens is 3. The van der Waals surface area contributed by atoms with Gasteiger partial charge < -0.3 is 10.3 Å². The van der Waals surface area contributed by atoms with Gasteiger partial charge in [0.05, 0.1) is 15.7 Å². The average molecular weight is 493 g/mol. The molecule has 3 heterocycles. The van der Waals surface area contributed by atoms with Crippen LogP contribution in [-0.2, 0) is 6.42 Å². The molecule has 0 amide bonds. The van der Waals surface area contributed by atoms with E-state index in [-0.39, 0.29) is 5.82 Å². The van der Waals surface area contributed by atoms with Crippen molar-refractivity contribution in [1.82, 2.24) is 15.0 Å². The molecular formula is C30H25FN4S. The number of hydrogen-bond donors (Lipinski definition) is 2. The molecule has 6 aromatic rings. The zero-order chi connectivity index (χ0) is 24.6. The van der Waals surface area contributed by atoms with E-state index in [4.69, 9.17) is 0 Å². The van der Waals surface area contributed by atoms with Gasteiger partial charge in [0, 0.05) is 22.5 Å². The second kappa shape index (κ2) is 9.21. The van der Waals surface area contributed by atoms with Crippen LogP contribution in [0.3, 0.4) is 0 Å². The van der Waals surface area contributed by atoms with Crippen molar-refractivity contribution >= 4 is 38.3 Å². The van der Waals surface area contributed by atoms with E-state index in [1.54, 1.807) is 17.7 Å². The van der Waals surface area contributed by atoms with E-state index in [1.807, 2.05) is 26.0 Å². The Bertz CT molecular complexity index is 1700. The number of nitrogens with zero attached hydrogens (tertiary/aromatic N) is 2. The van der Waals surface area contributed by atoms with Crippen LogP contribution < -0.4 is 5.32 Å². The van der Waals surface area contributed by atoms with Crippen molar-refractivity contribution in [2.45, 2.75) is 20.3 Å². The molecule has 3 aromatic carbocycles. The molecule has 6 rings (SSSR count). The minimum absolute atomic E-state index is 0.210. The molecule has 0 unspecified atom stereocenters. The molecule has 0 saturated carbocycles. The Labute approximate surface area is 212 Å². The molecule has 0 saturated heterocycles. The summed E-state index contributed by atoms with van der Waals surface area (Å²) in [6, 6.07) is 24.5. The monoisotopic (exact) mass is 492 g/mol. The first-order valence-electron chi connectivity index (χ1n) is 12.0. The number of aryl methyl sites for hydroxylation is 2. The third kappa shape index (κ3) is 4.03. The summed E-state index contributed by atoms with van der Waals surface area (Å²) in [6.07, 6.45) is 2.37. The summed E-state index contributed by atoms with van der Waals surface area (Å²) in [6.45, 7) is 4.72. The Morgan fingerprint density at radius 2 is 1.69 bits per heavy atom. The van der Waals surface area contributed by atoms with E-state index in [0.29, 0.717) is 12.1 Å². The lowest BCUT2D eigenvalue weighted by Gasteiger charge is -2.08. The van der Waals surface area contributed by atoms with Gasteiger partial charge in [-0.3, -0.25) is 0 Å².